The number of nitrogens with one attached hydrogen (secondary N) is 1. The normalized spacial score (nSPS) is 11.9. The monoisotopic (exact) mass is 261 g/mol. The van der Waals surface area contributed by atoms with Gasteiger partial charge in [0.1, 0.15) is 9.84 Å². The fourth-order valence-corrected chi connectivity index (χ4v) is 3.10. The molecule has 1 aromatic rings. The van der Waals surface area contributed by atoms with Crippen LogP contribution in [-0.4, -0.2) is 26.5 Å². The van der Waals surface area contributed by atoms with Gasteiger partial charge < -0.3 is 5.32 Å². The van der Waals surface area contributed by atoms with Gasteiger partial charge in [-0.3, -0.25) is 0 Å². The lowest BCUT2D eigenvalue weighted by Gasteiger charge is -2.04. The lowest BCUT2D eigenvalue weighted by Crippen LogP contribution is -2.18. The SMILES string of the molecule is CCS(=O)(=O)CCCNCc1sccc1C. The van der Waals surface area contributed by atoms with E-state index < -0.39 is 9.84 Å². The van der Waals surface area contributed by atoms with Gasteiger partial charge in [-0.05, 0) is 36.9 Å². The molecule has 1 N–H and O–H groups in total. The molecule has 1 rings (SSSR count). The minimum absolute atomic E-state index is 0.247. The Labute approximate surface area is 102 Å². The summed E-state index contributed by atoms with van der Waals surface area (Å²) in [6.07, 6.45) is 0.695. The van der Waals surface area contributed by atoms with Crippen molar-refractivity contribution < 1.29 is 8.42 Å². The average molecular weight is 261 g/mol. The Bertz CT molecular complexity index is 409. The van der Waals surface area contributed by atoms with E-state index in [0.29, 0.717) is 12.2 Å². The Morgan fingerprint density at radius 1 is 1.44 bits per heavy atom. The van der Waals surface area contributed by atoms with E-state index in [-0.39, 0.29) is 5.75 Å². The molecule has 0 aliphatic rings. The topological polar surface area (TPSA) is 46.2 Å². The summed E-state index contributed by atoms with van der Waals surface area (Å²) >= 11 is 1.74. The summed E-state index contributed by atoms with van der Waals surface area (Å²) < 4.78 is 22.4. The second kappa shape index (κ2) is 6.37. The summed E-state index contributed by atoms with van der Waals surface area (Å²) in [5, 5.41) is 5.35. The number of aryl methyl sites for hydroxylation is 1. The fraction of sp³-hybridized carbons (Fsp3) is 0.636. The minimum Gasteiger partial charge on any atom is -0.312 e. The molecule has 0 spiro atoms. The molecule has 3 nitrogen and oxygen atoms in total. The van der Waals surface area contributed by atoms with E-state index in [0.717, 1.165) is 13.1 Å². The van der Waals surface area contributed by atoms with Gasteiger partial charge in [-0.15, -0.1) is 11.3 Å². The zero-order valence-corrected chi connectivity index (χ0v) is 11.5. The maximum atomic E-state index is 11.2. The van der Waals surface area contributed by atoms with Crippen molar-refractivity contribution in [3.63, 3.8) is 0 Å². The summed E-state index contributed by atoms with van der Waals surface area (Å²) in [5.74, 6) is 0.539. The Morgan fingerprint density at radius 2 is 2.19 bits per heavy atom. The number of sulfone groups is 1. The van der Waals surface area contributed by atoms with E-state index in [2.05, 4.69) is 23.7 Å². The van der Waals surface area contributed by atoms with Crippen LogP contribution in [0.25, 0.3) is 0 Å². The molecular formula is C11H19NO2S2. The van der Waals surface area contributed by atoms with Crippen LogP contribution in [0.5, 0.6) is 0 Å². The highest BCUT2D eigenvalue weighted by Gasteiger charge is 2.06. The highest BCUT2D eigenvalue weighted by molar-refractivity contribution is 7.91. The zero-order valence-electron chi connectivity index (χ0n) is 9.82. The van der Waals surface area contributed by atoms with Crippen LogP contribution in [0, 0.1) is 6.92 Å². The molecule has 5 heteroatoms. The maximum Gasteiger partial charge on any atom is 0.150 e. The minimum atomic E-state index is -2.80. The third kappa shape index (κ3) is 4.63. The van der Waals surface area contributed by atoms with Crippen molar-refractivity contribution >= 4 is 21.2 Å². The number of rotatable bonds is 7. The first-order valence-corrected chi connectivity index (χ1v) is 8.19. The van der Waals surface area contributed by atoms with E-state index in [1.807, 2.05) is 0 Å². The maximum absolute atomic E-state index is 11.2. The van der Waals surface area contributed by atoms with E-state index >= 15 is 0 Å². The summed E-state index contributed by atoms with van der Waals surface area (Å²) in [6, 6.07) is 2.10. The van der Waals surface area contributed by atoms with E-state index in [9.17, 15) is 8.42 Å². The van der Waals surface area contributed by atoms with Gasteiger partial charge in [0.2, 0.25) is 0 Å². The van der Waals surface area contributed by atoms with E-state index in [1.165, 1.54) is 10.4 Å². The van der Waals surface area contributed by atoms with Crippen LogP contribution in [0.15, 0.2) is 11.4 Å². The molecule has 0 saturated heterocycles. The third-order valence-corrected chi connectivity index (χ3v) is 5.32. The molecule has 0 aliphatic carbocycles. The van der Waals surface area contributed by atoms with Crippen molar-refractivity contribution in [2.24, 2.45) is 0 Å². The molecule has 0 aliphatic heterocycles. The van der Waals surface area contributed by atoms with E-state index in [1.54, 1.807) is 18.3 Å². The molecular weight excluding hydrogens is 242 g/mol. The fourth-order valence-electron chi connectivity index (χ4n) is 1.35. The van der Waals surface area contributed by atoms with Crippen molar-refractivity contribution in [3.05, 3.63) is 21.9 Å². The lowest BCUT2D eigenvalue weighted by atomic mass is 10.3. The molecule has 0 amide bonds. The molecule has 0 bridgehead atoms. The predicted molar refractivity (Wildman–Crippen MR) is 69.7 cm³/mol. The van der Waals surface area contributed by atoms with E-state index in [4.69, 9.17) is 0 Å². The first-order chi connectivity index (χ1) is 7.55. The second-order valence-electron chi connectivity index (χ2n) is 3.79. The Kier molecular flexibility index (Phi) is 5.44. The highest BCUT2D eigenvalue weighted by Crippen LogP contribution is 2.14. The molecule has 92 valence electrons. The van der Waals surface area contributed by atoms with Crippen LogP contribution in [0.1, 0.15) is 23.8 Å². The number of hydrogen-bond donors (Lipinski definition) is 1. The van der Waals surface area contributed by atoms with Crippen molar-refractivity contribution in [2.75, 3.05) is 18.1 Å². The molecule has 16 heavy (non-hydrogen) atoms. The van der Waals surface area contributed by atoms with Crippen molar-refractivity contribution in [3.8, 4) is 0 Å². The summed E-state index contributed by atoms with van der Waals surface area (Å²) in [6.45, 7) is 5.39. The molecule has 0 aromatic carbocycles. The van der Waals surface area contributed by atoms with Crippen LogP contribution < -0.4 is 5.32 Å². The van der Waals surface area contributed by atoms with Crippen molar-refractivity contribution in [1.29, 1.82) is 0 Å². The highest BCUT2D eigenvalue weighted by atomic mass is 32.2. The molecule has 0 radical (unpaired) electrons. The molecule has 0 fully saturated rings. The summed E-state index contributed by atoms with van der Waals surface area (Å²) in [7, 11) is -2.80. The standard InChI is InChI=1S/C11H19NO2S2/c1-3-16(13,14)8-4-6-12-9-11-10(2)5-7-15-11/h5,7,12H,3-4,6,8-9H2,1-2H3. The average Bonchev–Trinajstić information content (AvgIpc) is 2.64. The van der Waals surface area contributed by atoms with Gasteiger partial charge >= 0.3 is 0 Å². The van der Waals surface area contributed by atoms with Crippen molar-refractivity contribution in [1.82, 2.24) is 5.32 Å². The van der Waals surface area contributed by atoms with Gasteiger partial charge in [0.05, 0.1) is 5.75 Å². The summed E-state index contributed by atoms with van der Waals surface area (Å²) in [5.41, 5.74) is 1.30. The largest absolute Gasteiger partial charge is 0.312 e. The zero-order chi connectivity index (χ0) is 12.0. The van der Waals surface area contributed by atoms with Gasteiger partial charge in [0.25, 0.3) is 0 Å². The first-order valence-electron chi connectivity index (χ1n) is 5.49. The van der Waals surface area contributed by atoms with Gasteiger partial charge in [-0.25, -0.2) is 8.42 Å². The van der Waals surface area contributed by atoms with Gasteiger partial charge in [0.15, 0.2) is 0 Å². The number of thiophene rings is 1. The molecule has 0 saturated carbocycles. The number of hydrogen-bond acceptors (Lipinski definition) is 4. The molecule has 0 atom stereocenters. The molecule has 1 heterocycles. The van der Waals surface area contributed by atoms with Crippen LogP contribution >= 0.6 is 11.3 Å². The van der Waals surface area contributed by atoms with Crippen molar-refractivity contribution in [2.45, 2.75) is 26.8 Å². The van der Waals surface area contributed by atoms with Crippen LogP contribution in [0.4, 0.5) is 0 Å². The second-order valence-corrected chi connectivity index (χ2v) is 7.27. The Hall–Kier alpha value is -0.390. The third-order valence-electron chi connectivity index (χ3n) is 2.50. The lowest BCUT2D eigenvalue weighted by molar-refractivity contribution is 0.590. The first kappa shape index (κ1) is 13.7. The Balaban J connectivity index is 2.16. The predicted octanol–water partition coefficient (Wildman–Crippen LogP) is 1.97. The van der Waals surface area contributed by atoms with Crippen LogP contribution in [-0.2, 0) is 16.4 Å². The Morgan fingerprint density at radius 3 is 2.75 bits per heavy atom. The smallest absolute Gasteiger partial charge is 0.150 e. The van der Waals surface area contributed by atoms with Gasteiger partial charge in [-0.1, -0.05) is 6.92 Å². The van der Waals surface area contributed by atoms with Crippen LogP contribution in [0.3, 0.4) is 0 Å². The quantitative estimate of drug-likeness (QED) is 0.763. The van der Waals surface area contributed by atoms with Gasteiger partial charge in [-0.2, -0.15) is 0 Å². The van der Waals surface area contributed by atoms with Gasteiger partial charge in [0, 0.05) is 17.2 Å². The molecule has 0 unspecified atom stereocenters. The summed E-state index contributed by atoms with van der Waals surface area (Å²) in [4.78, 5) is 1.33. The molecule has 1 aromatic heterocycles. The van der Waals surface area contributed by atoms with Crippen LogP contribution in [0.2, 0.25) is 0 Å².